The molecule has 0 aliphatic heterocycles. The van der Waals surface area contributed by atoms with E-state index in [4.69, 9.17) is 5.26 Å². The Kier molecular flexibility index (Phi) is 4.32. The van der Waals surface area contributed by atoms with E-state index in [2.05, 4.69) is 0 Å². The lowest BCUT2D eigenvalue weighted by atomic mass is 10.3. The molecule has 0 atom stereocenters. The third kappa shape index (κ3) is 2.97. The van der Waals surface area contributed by atoms with Crippen molar-refractivity contribution < 1.29 is 8.42 Å². The molecule has 0 saturated heterocycles. The van der Waals surface area contributed by atoms with E-state index in [1.807, 2.05) is 13.0 Å². The summed E-state index contributed by atoms with van der Waals surface area (Å²) in [6, 6.07) is 10.5. The maximum atomic E-state index is 11.8. The summed E-state index contributed by atoms with van der Waals surface area (Å²) in [6.07, 6.45) is 0.708. The number of anilines is 1. The molecule has 0 heterocycles. The molecule has 5 heteroatoms. The molecule has 0 unspecified atom stereocenters. The quantitative estimate of drug-likeness (QED) is 0.785. The van der Waals surface area contributed by atoms with E-state index >= 15 is 0 Å². The van der Waals surface area contributed by atoms with Crippen LogP contribution in [-0.4, -0.2) is 20.7 Å². The van der Waals surface area contributed by atoms with Gasteiger partial charge in [0.25, 0.3) is 0 Å². The maximum Gasteiger partial charge on any atom is 0.248 e. The monoisotopic (exact) mass is 238 g/mol. The van der Waals surface area contributed by atoms with Crippen LogP contribution in [0.15, 0.2) is 30.3 Å². The molecular formula is C11H14N2O2S. The van der Waals surface area contributed by atoms with Crippen molar-refractivity contribution in [3.8, 4) is 6.07 Å². The predicted octanol–water partition coefficient (Wildman–Crippen LogP) is 1.76. The first kappa shape index (κ1) is 12.5. The minimum absolute atomic E-state index is 0.397. The van der Waals surface area contributed by atoms with E-state index in [0.717, 1.165) is 0 Å². The second-order valence-electron chi connectivity index (χ2n) is 3.32. The summed E-state index contributed by atoms with van der Waals surface area (Å²) in [7, 11) is -3.52. The van der Waals surface area contributed by atoms with Crippen LogP contribution in [0.5, 0.6) is 0 Å². The summed E-state index contributed by atoms with van der Waals surface area (Å²) >= 11 is 0. The average Bonchev–Trinajstić information content (AvgIpc) is 2.27. The van der Waals surface area contributed by atoms with Crippen LogP contribution in [0.2, 0.25) is 0 Å². The van der Waals surface area contributed by atoms with Gasteiger partial charge >= 0.3 is 0 Å². The van der Waals surface area contributed by atoms with Gasteiger partial charge in [0.05, 0.1) is 11.8 Å². The molecule has 1 aromatic carbocycles. The fourth-order valence-corrected chi connectivity index (χ4v) is 2.61. The summed E-state index contributed by atoms with van der Waals surface area (Å²) in [5, 5.41) is 8.51. The van der Waals surface area contributed by atoms with Gasteiger partial charge in [0.1, 0.15) is 0 Å². The van der Waals surface area contributed by atoms with E-state index in [1.165, 1.54) is 4.31 Å². The largest absolute Gasteiger partial charge is 0.269 e. The normalized spacial score (nSPS) is 10.8. The maximum absolute atomic E-state index is 11.8. The molecule has 0 aromatic heterocycles. The van der Waals surface area contributed by atoms with Crippen LogP contribution in [0, 0.1) is 11.3 Å². The second kappa shape index (κ2) is 5.52. The third-order valence-corrected chi connectivity index (χ3v) is 3.61. The van der Waals surface area contributed by atoms with E-state index in [1.54, 1.807) is 30.3 Å². The lowest BCUT2D eigenvalue weighted by Gasteiger charge is -2.22. The summed E-state index contributed by atoms with van der Waals surface area (Å²) in [5.41, 5.74) is 0.611. The van der Waals surface area contributed by atoms with Crippen molar-refractivity contribution in [3.05, 3.63) is 30.3 Å². The highest BCUT2D eigenvalue weighted by Gasteiger charge is 2.20. The number of benzene rings is 1. The fraction of sp³-hybridized carbons (Fsp3) is 0.364. The zero-order valence-electron chi connectivity index (χ0n) is 9.13. The summed E-state index contributed by atoms with van der Waals surface area (Å²) in [6.45, 7) is 2.30. The lowest BCUT2D eigenvalue weighted by molar-refractivity contribution is 0.593. The molecular weight excluding hydrogens is 224 g/mol. The van der Waals surface area contributed by atoms with Crippen LogP contribution >= 0.6 is 0 Å². The lowest BCUT2D eigenvalue weighted by Crippen LogP contribution is -2.33. The first-order valence-corrected chi connectivity index (χ1v) is 6.65. The van der Waals surface area contributed by atoms with E-state index in [-0.39, 0.29) is 0 Å². The number of para-hydroxylation sites is 1. The number of rotatable bonds is 5. The zero-order valence-corrected chi connectivity index (χ0v) is 9.94. The van der Waals surface area contributed by atoms with Crippen molar-refractivity contribution >= 4 is 15.7 Å². The molecule has 0 N–H and O–H groups in total. The Morgan fingerprint density at radius 3 is 2.44 bits per heavy atom. The van der Waals surface area contributed by atoms with Crippen LogP contribution in [-0.2, 0) is 10.0 Å². The van der Waals surface area contributed by atoms with Gasteiger partial charge in [0, 0.05) is 6.54 Å². The topological polar surface area (TPSA) is 61.2 Å². The number of hydrogen-bond donors (Lipinski definition) is 0. The standard InChI is InChI=1S/C11H14N2O2S/c1-2-9-13(16(14,15)10-8-12)11-6-4-3-5-7-11/h3-7H,2,9-10H2,1H3. The number of nitriles is 1. The molecule has 1 rings (SSSR count). The summed E-state index contributed by atoms with van der Waals surface area (Å²) in [5.74, 6) is -0.484. The van der Waals surface area contributed by atoms with Gasteiger partial charge in [-0.1, -0.05) is 25.1 Å². The van der Waals surface area contributed by atoms with Crippen molar-refractivity contribution in [2.45, 2.75) is 13.3 Å². The van der Waals surface area contributed by atoms with Crippen molar-refractivity contribution in [1.82, 2.24) is 0 Å². The van der Waals surface area contributed by atoms with Gasteiger partial charge in [0.15, 0.2) is 5.75 Å². The highest BCUT2D eigenvalue weighted by molar-refractivity contribution is 7.93. The Morgan fingerprint density at radius 2 is 1.94 bits per heavy atom. The average molecular weight is 238 g/mol. The first-order chi connectivity index (χ1) is 7.61. The highest BCUT2D eigenvalue weighted by atomic mass is 32.2. The Labute approximate surface area is 96.2 Å². The Bertz CT molecular complexity index is 463. The van der Waals surface area contributed by atoms with E-state index in [9.17, 15) is 8.42 Å². The van der Waals surface area contributed by atoms with Crippen molar-refractivity contribution in [3.63, 3.8) is 0 Å². The van der Waals surface area contributed by atoms with Gasteiger partial charge in [-0.05, 0) is 18.6 Å². The van der Waals surface area contributed by atoms with Crippen molar-refractivity contribution in [2.75, 3.05) is 16.6 Å². The molecule has 0 saturated carbocycles. The Balaban J connectivity index is 3.06. The molecule has 16 heavy (non-hydrogen) atoms. The van der Waals surface area contributed by atoms with Gasteiger partial charge in [-0.15, -0.1) is 0 Å². The van der Waals surface area contributed by atoms with E-state index in [0.29, 0.717) is 18.7 Å². The van der Waals surface area contributed by atoms with Crippen LogP contribution in [0.25, 0.3) is 0 Å². The molecule has 0 radical (unpaired) electrons. The number of nitrogens with zero attached hydrogens (tertiary/aromatic N) is 2. The number of hydrogen-bond acceptors (Lipinski definition) is 3. The molecule has 0 aliphatic rings. The predicted molar refractivity (Wildman–Crippen MR) is 63.5 cm³/mol. The molecule has 0 aliphatic carbocycles. The van der Waals surface area contributed by atoms with Gasteiger partial charge in [-0.3, -0.25) is 4.31 Å². The molecule has 4 nitrogen and oxygen atoms in total. The van der Waals surface area contributed by atoms with Gasteiger partial charge in [0.2, 0.25) is 10.0 Å². The molecule has 0 amide bonds. The summed E-state index contributed by atoms with van der Waals surface area (Å²) < 4.78 is 24.9. The first-order valence-electron chi connectivity index (χ1n) is 5.04. The van der Waals surface area contributed by atoms with Crippen LogP contribution in [0.1, 0.15) is 13.3 Å². The molecule has 0 fully saturated rings. The Hall–Kier alpha value is -1.54. The van der Waals surface area contributed by atoms with Gasteiger partial charge < -0.3 is 0 Å². The van der Waals surface area contributed by atoms with E-state index < -0.39 is 15.8 Å². The third-order valence-electron chi connectivity index (χ3n) is 2.05. The highest BCUT2D eigenvalue weighted by Crippen LogP contribution is 2.17. The smallest absolute Gasteiger partial charge is 0.248 e. The zero-order chi connectivity index (χ0) is 12.0. The van der Waals surface area contributed by atoms with Crippen molar-refractivity contribution in [1.29, 1.82) is 5.26 Å². The summed E-state index contributed by atoms with van der Waals surface area (Å²) in [4.78, 5) is 0. The van der Waals surface area contributed by atoms with Gasteiger partial charge in [-0.25, -0.2) is 8.42 Å². The van der Waals surface area contributed by atoms with Gasteiger partial charge in [-0.2, -0.15) is 5.26 Å². The minimum atomic E-state index is -3.52. The molecule has 1 aromatic rings. The molecule has 0 spiro atoms. The van der Waals surface area contributed by atoms with Crippen LogP contribution in [0.3, 0.4) is 0 Å². The van der Waals surface area contributed by atoms with Crippen LogP contribution < -0.4 is 4.31 Å². The molecule has 0 bridgehead atoms. The van der Waals surface area contributed by atoms with Crippen LogP contribution in [0.4, 0.5) is 5.69 Å². The SMILES string of the molecule is CCCN(c1ccccc1)S(=O)(=O)CC#N. The Morgan fingerprint density at radius 1 is 1.31 bits per heavy atom. The minimum Gasteiger partial charge on any atom is -0.269 e. The molecule has 86 valence electrons. The fourth-order valence-electron chi connectivity index (χ4n) is 1.39. The second-order valence-corrected chi connectivity index (χ2v) is 5.22. The number of sulfonamides is 1. The van der Waals surface area contributed by atoms with Crippen molar-refractivity contribution in [2.24, 2.45) is 0 Å².